The molecule has 10 rings (SSSR count). The maximum absolute atomic E-state index is 6.68. The Labute approximate surface area is 376 Å². The summed E-state index contributed by atoms with van der Waals surface area (Å²) in [6, 6.07) is 50.4. The molecule has 308 valence electrons. The summed E-state index contributed by atoms with van der Waals surface area (Å²) in [7, 11) is 0. The van der Waals surface area contributed by atoms with Crippen LogP contribution in [0.15, 0.2) is 128 Å². The van der Waals surface area contributed by atoms with E-state index in [0.717, 1.165) is 44.6 Å². The molecule has 10 aromatic rings. The predicted molar refractivity (Wildman–Crippen MR) is 249 cm³/mol. The number of hydrogen-bond donors (Lipinski definition) is 0. The molecule has 0 amide bonds. The average Bonchev–Trinajstić information content (AvgIpc) is 3.90. The van der Waals surface area contributed by atoms with Gasteiger partial charge >= 0.3 is 0 Å². The number of benzene rings is 6. The second kappa shape index (κ2) is 14.8. The van der Waals surface area contributed by atoms with E-state index in [-0.39, 0.29) is 37.3 Å². The largest absolute Gasteiger partial charge is 0.510 e. The van der Waals surface area contributed by atoms with Crippen LogP contribution in [0, 0.1) is 18.5 Å². The van der Waals surface area contributed by atoms with Gasteiger partial charge in [-0.3, -0.25) is 4.57 Å². The average molecular weight is 996 g/mol. The van der Waals surface area contributed by atoms with Gasteiger partial charge in [-0.25, -0.2) is 4.98 Å². The smallest absolute Gasteiger partial charge is 0.268 e. The number of ether oxygens (including phenoxy) is 1. The molecule has 6 aromatic carbocycles. The second-order valence-corrected chi connectivity index (χ2v) is 20.1. The van der Waals surface area contributed by atoms with Crippen LogP contribution in [0.1, 0.15) is 79.0 Å². The van der Waals surface area contributed by atoms with Crippen molar-refractivity contribution in [3.63, 3.8) is 0 Å². The summed E-state index contributed by atoms with van der Waals surface area (Å²) in [6.45, 7) is 20.4. The third-order valence-electron chi connectivity index (χ3n) is 11.7. The van der Waals surface area contributed by atoms with Gasteiger partial charge in [0.1, 0.15) is 5.82 Å². The van der Waals surface area contributed by atoms with Crippen molar-refractivity contribution in [3.05, 3.63) is 163 Å². The van der Waals surface area contributed by atoms with Crippen LogP contribution < -0.4 is 9.30 Å². The van der Waals surface area contributed by atoms with E-state index in [1.807, 2.05) is 35.7 Å². The van der Waals surface area contributed by atoms with Gasteiger partial charge in [0, 0.05) is 64.5 Å². The van der Waals surface area contributed by atoms with Crippen molar-refractivity contribution in [2.75, 3.05) is 0 Å². The maximum atomic E-state index is 6.68. The number of pyridine rings is 1. The van der Waals surface area contributed by atoms with E-state index in [1.165, 1.54) is 42.2 Å². The van der Waals surface area contributed by atoms with Crippen LogP contribution in [0.2, 0.25) is 0 Å². The van der Waals surface area contributed by atoms with Gasteiger partial charge in [0.05, 0.1) is 16.7 Å². The molecule has 0 unspecified atom stereocenters. The Balaban J connectivity index is 0.00000476. The van der Waals surface area contributed by atoms with Crippen molar-refractivity contribution in [2.45, 2.75) is 78.6 Å². The van der Waals surface area contributed by atoms with Gasteiger partial charge in [0.2, 0.25) is 0 Å². The van der Waals surface area contributed by atoms with Crippen molar-refractivity contribution in [3.8, 4) is 28.7 Å². The molecule has 4 heterocycles. The predicted octanol–water partition coefficient (Wildman–Crippen LogP) is 13.9. The first-order valence-electron chi connectivity index (χ1n) is 20.7. The fourth-order valence-electron chi connectivity index (χ4n) is 8.27. The molecule has 0 saturated carbocycles. The van der Waals surface area contributed by atoms with Crippen LogP contribution in [-0.4, -0.2) is 14.1 Å². The van der Waals surface area contributed by atoms with Crippen LogP contribution in [0.4, 0.5) is 0 Å². The van der Waals surface area contributed by atoms with Crippen molar-refractivity contribution in [2.24, 2.45) is 0 Å². The van der Waals surface area contributed by atoms with Crippen molar-refractivity contribution < 1.29 is 30.4 Å². The maximum Gasteiger partial charge on any atom is 0.268 e. The zero-order valence-corrected chi connectivity index (χ0v) is 39.1. The number of para-hydroxylation sites is 2. The van der Waals surface area contributed by atoms with Crippen LogP contribution in [0.3, 0.4) is 0 Å². The molecule has 0 aliphatic heterocycles. The standard InChI is InChI=1S/C54H48N4OS.Pt/c1-52(2,3)34-25-26-55-49(30-34)58-46-24-23-42-41-17-10-13-20-48(41)60-51(42)50(46)43-22-21-40(32-47(43)58)59-39-16-14-15-37(31-39)56-33-57(45-19-12-11-18-44(45)56)38-28-35(53(4,5)6)27-36(29-38)54(7,8)9;/h10-30H,1-9H3;/q-2;. The summed E-state index contributed by atoms with van der Waals surface area (Å²) in [4.78, 5) is 4.95. The summed E-state index contributed by atoms with van der Waals surface area (Å²) >= 11 is 1.84. The Morgan fingerprint density at radius 3 is 2.05 bits per heavy atom. The van der Waals surface area contributed by atoms with Gasteiger partial charge in [0.25, 0.3) is 6.33 Å². The molecular formula is C54H48N4OPtS-2. The molecule has 7 heteroatoms. The summed E-state index contributed by atoms with van der Waals surface area (Å²) in [5, 5.41) is 4.85. The summed E-state index contributed by atoms with van der Waals surface area (Å²) in [6.07, 6.45) is 5.62. The molecule has 4 aromatic heterocycles. The van der Waals surface area contributed by atoms with Gasteiger partial charge in [-0.15, -0.1) is 41.0 Å². The minimum atomic E-state index is -0.0401. The van der Waals surface area contributed by atoms with E-state index in [4.69, 9.17) is 9.72 Å². The molecule has 61 heavy (non-hydrogen) atoms. The van der Waals surface area contributed by atoms with E-state index >= 15 is 0 Å². The van der Waals surface area contributed by atoms with E-state index in [9.17, 15) is 0 Å². The number of rotatable bonds is 5. The molecule has 0 bridgehead atoms. The Kier molecular flexibility index (Phi) is 9.92. The van der Waals surface area contributed by atoms with Gasteiger partial charge in [-0.1, -0.05) is 122 Å². The van der Waals surface area contributed by atoms with Crippen molar-refractivity contribution in [1.82, 2.24) is 14.1 Å². The van der Waals surface area contributed by atoms with Crippen LogP contribution in [0.25, 0.3) is 70.2 Å². The summed E-state index contributed by atoms with van der Waals surface area (Å²) < 4.78 is 15.7. The molecule has 0 saturated heterocycles. The topological polar surface area (TPSA) is 35.9 Å². The van der Waals surface area contributed by atoms with Crippen LogP contribution in [-0.2, 0) is 37.3 Å². The SMILES string of the molecule is CC(C)(C)c1cc(-[n+]2[c-]n(-c3[c-]c(Oc4[c-]c5c(cc4)c4c6sc7ccccc7c6ccc4n5-c4cc(C(C)(C)C)ccn4)ccc3)c3ccccc32)cc(C(C)(C)C)c1.[Pt]. The minimum absolute atomic E-state index is 0. The Bertz CT molecular complexity index is 3280. The third-order valence-corrected chi connectivity index (χ3v) is 12.9. The molecule has 0 spiro atoms. The number of aromatic nitrogens is 4. The summed E-state index contributed by atoms with van der Waals surface area (Å²) in [5.74, 6) is 2.05. The molecule has 0 N–H and O–H groups in total. The monoisotopic (exact) mass is 995 g/mol. The van der Waals surface area contributed by atoms with Crippen molar-refractivity contribution >= 4 is 64.3 Å². The van der Waals surface area contributed by atoms with E-state index < -0.39 is 0 Å². The van der Waals surface area contributed by atoms with Gasteiger partial charge in [-0.2, -0.15) is 18.2 Å². The number of imidazole rings is 1. The van der Waals surface area contributed by atoms with E-state index in [0.29, 0.717) is 11.5 Å². The quantitative estimate of drug-likeness (QED) is 0.127. The molecule has 0 fully saturated rings. The zero-order chi connectivity index (χ0) is 41.7. The fourth-order valence-corrected chi connectivity index (χ4v) is 9.53. The third kappa shape index (κ3) is 7.18. The zero-order valence-electron chi connectivity index (χ0n) is 36.0. The molecule has 5 nitrogen and oxygen atoms in total. The molecular weight excluding hydrogens is 948 g/mol. The Morgan fingerprint density at radius 1 is 0.607 bits per heavy atom. The number of nitrogens with zero attached hydrogens (tertiary/aromatic N) is 4. The first kappa shape index (κ1) is 40.8. The molecule has 0 radical (unpaired) electrons. The first-order valence-corrected chi connectivity index (χ1v) is 21.5. The Morgan fingerprint density at radius 2 is 1.30 bits per heavy atom. The normalized spacial score (nSPS) is 12.5. The minimum Gasteiger partial charge on any atom is -0.510 e. The van der Waals surface area contributed by atoms with Crippen LogP contribution >= 0.6 is 11.3 Å². The fraction of sp³-hybridized carbons (Fsp3) is 0.222. The van der Waals surface area contributed by atoms with E-state index in [2.05, 4.69) is 198 Å². The molecule has 0 aliphatic rings. The number of hydrogen-bond acceptors (Lipinski definition) is 3. The van der Waals surface area contributed by atoms with Gasteiger partial charge in [0.15, 0.2) is 0 Å². The Hall–Kier alpha value is -5.55. The van der Waals surface area contributed by atoms with Crippen molar-refractivity contribution in [1.29, 1.82) is 0 Å². The number of fused-ring (bicyclic) bond motifs is 8. The molecule has 0 aliphatic carbocycles. The second-order valence-electron chi connectivity index (χ2n) is 19.0. The summed E-state index contributed by atoms with van der Waals surface area (Å²) in [5.41, 5.74) is 9.76. The van der Waals surface area contributed by atoms with E-state index in [1.54, 1.807) is 0 Å². The molecule has 0 atom stereocenters. The van der Waals surface area contributed by atoms with Crippen LogP contribution in [0.5, 0.6) is 11.5 Å². The van der Waals surface area contributed by atoms with Gasteiger partial charge in [-0.05, 0) is 80.4 Å². The number of thiophene rings is 1. The first-order chi connectivity index (χ1) is 28.6. The van der Waals surface area contributed by atoms with Gasteiger partial charge < -0.3 is 13.9 Å².